The maximum absolute atomic E-state index is 4.41. The maximum atomic E-state index is 4.41. The number of nitrogens with one attached hydrogen (secondary N) is 1. The van der Waals surface area contributed by atoms with E-state index in [-0.39, 0.29) is 0 Å². The number of rotatable bonds is 7. The minimum atomic E-state index is 0.783. The summed E-state index contributed by atoms with van der Waals surface area (Å²) in [4.78, 5) is 10.0. The third kappa shape index (κ3) is 4.89. The van der Waals surface area contributed by atoms with E-state index < -0.39 is 0 Å². The van der Waals surface area contributed by atoms with Crippen molar-refractivity contribution >= 4 is 27.7 Å². The highest BCUT2D eigenvalue weighted by atomic mass is 79.9. The van der Waals surface area contributed by atoms with Gasteiger partial charge < -0.3 is 5.32 Å². The molecule has 20 heavy (non-hydrogen) atoms. The van der Waals surface area contributed by atoms with E-state index in [1.54, 1.807) is 11.8 Å². The van der Waals surface area contributed by atoms with Crippen molar-refractivity contribution in [2.75, 3.05) is 6.54 Å². The van der Waals surface area contributed by atoms with E-state index in [4.69, 9.17) is 0 Å². The van der Waals surface area contributed by atoms with Gasteiger partial charge in [-0.25, -0.2) is 9.97 Å². The second-order valence-corrected chi connectivity index (χ2v) is 6.27. The summed E-state index contributed by atoms with van der Waals surface area (Å²) in [5, 5.41) is 3.34. The van der Waals surface area contributed by atoms with Gasteiger partial charge in [-0.1, -0.05) is 19.1 Å². The summed E-state index contributed by atoms with van der Waals surface area (Å²) < 4.78 is 1.12. The van der Waals surface area contributed by atoms with Gasteiger partial charge in [0.1, 0.15) is 5.82 Å². The van der Waals surface area contributed by atoms with Crippen LogP contribution in [0.2, 0.25) is 0 Å². The van der Waals surface area contributed by atoms with Crippen LogP contribution in [0.4, 0.5) is 0 Å². The second kappa shape index (κ2) is 8.39. The van der Waals surface area contributed by atoms with E-state index in [0.29, 0.717) is 0 Å². The highest BCUT2D eigenvalue weighted by Gasteiger charge is 2.02. The van der Waals surface area contributed by atoms with Crippen LogP contribution in [-0.4, -0.2) is 16.5 Å². The number of thioether (sulfide) groups is 1. The van der Waals surface area contributed by atoms with Crippen molar-refractivity contribution in [1.29, 1.82) is 0 Å². The number of aromatic nitrogens is 2. The summed E-state index contributed by atoms with van der Waals surface area (Å²) >= 11 is 5.29. The van der Waals surface area contributed by atoms with Crippen molar-refractivity contribution in [2.24, 2.45) is 0 Å². The lowest BCUT2D eigenvalue weighted by Crippen LogP contribution is -2.14. The Labute approximate surface area is 132 Å². The topological polar surface area (TPSA) is 37.8 Å². The average Bonchev–Trinajstić information content (AvgIpc) is 2.48. The molecule has 0 amide bonds. The van der Waals surface area contributed by atoms with Gasteiger partial charge in [-0.2, -0.15) is 0 Å². The highest BCUT2D eigenvalue weighted by molar-refractivity contribution is 9.10. The molecule has 0 saturated carbocycles. The molecule has 0 spiro atoms. The average molecular weight is 352 g/mol. The van der Waals surface area contributed by atoms with Crippen LogP contribution in [-0.2, 0) is 12.3 Å². The minimum absolute atomic E-state index is 0.783. The van der Waals surface area contributed by atoms with Crippen LogP contribution in [0, 0.1) is 0 Å². The number of benzene rings is 1. The second-order valence-electron chi connectivity index (χ2n) is 4.40. The molecule has 0 unspecified atom stereocenters. The third-order valence-corrected chi connectivity index (χ3v) is 4.73. The Morgan fingerprint density at radius 1 is 1.20 bits per heavy atom. The first-order chi connectivity index (χ1) is 9.79. The zero-order valence-corrected chi connectivity index (χ0v) is 13.9. The summed E-state index contributed by atoms with van der Waals surface area (Å²) in [5.74, 6) is 1.65. The Balaban J connectivity index is 1.86. The first-order valence-electron chi connectivity index (χ1n) is 6.67. The molecule has 0 fully saturated rings. The van der Waals surface area contributed by atoms with E-state index >= 15 is 0 Å². The van der Waals surface area contributed by atoms with Crippen molar-refractivity contribution in [3.8, 4) is 0 Å². The van der Waals surface area contributed by atoms with Crippen LogP contribution in [0.25, 0.3) is 0 Å². The van der Waals surface area contributed by atoms with E-state index in [2.05, 4.69) is 44.2 Å². The van der Waals surface area contributed by atoms with Gasteiger partial charge in [0.15, 0.2) is 0 Å². The summed E-state index contributed by atoms with van der Waals surface area (Å²) in [6.07, 6.45) is 4.96. The quantitative estimate of drug-likeness (QED) is 0.603. The van der Waals surface area contributed by atoms with Gasteiger partial charge in [-0.3, -0.25) is 0 Å². The van der Waals surface area contributed by atoms with Gasteiger partial charge in [-0.05, 0) is 41.0 Å². The number of hydrogen-bond donors (Lipinski definition) is 1. The molecule has 106 valence electrons. The van der Waals surface area contributed by atoms with Gasteiger partial charge >= 0.3 is 0 Å². The van der Waals surface area contributed by atoms with Gasteiger partial charge in [0.25, 0.3) is 0 Å². The fourth-order valence-electron chi connectivity index (χ4n) is 1.66. The van der Waals surface area contributed by atoms with Crippen LogP contribution in [0.1, 0.15) is 24.7 Å². The molecular weight excluding hydrogens is 334 g/mol. The normalized spacial score (nSPS) is 10.7. The molecule has 2 rings (SSSR count). The third-order valence-electron chi connectivity index (χ3n) is 2.71. The van der Waals surface area contributed by atoms with Crippen LogP contribution < -0.4 is 5.32 Å². The Morgan fingerprint density at radius 2 is 1.95 bits per heavy atom. The number of halogens is 1. The fourth-order valence-corrected chi connectivity index (χ4v) is 3.10. The van der Waals surface area contributed by atoms with Crippen molar-refractivity contribution in [3.05, 3.63) is 52.5 Å². The molecule has 1 aromatic heterocycles. The lowest BCUT2D eigenvalue weighted by atomic mass is 10.3. The van der Waals surface area contributed by atoms with Gasteiger partial charge in [0.05, 0.1) is 5.75 Å². The van der Waals surface area contributed by atoms with E-state index in [1.165, 1.54) is 4.90 Å². The Bertz CT molecular complexity index is 531. The monoisotopic (exact) mass is 351 g/mol. The molecule has 0 aliphatic heterocycles. The summed E-state index contributed by atoms with van der Waals surface area (Å²) in [6.45, 7) is 4.02. The largest absolute Gasteiger partial charge is 0.313 e. The molecule has 0 radical (unpaired) electrons. The van der Waals surface area contributed by atoms with Crippen molar-refractivity contribution in [2.45, 2.75) is 30.5 Å². The Morgan fingerprint density at radius 3 is 2.65 bits per heavy atom. The molecule has 3 nitrogen and oxygen atoms in total. The first kappa shape index (κ1) is 15.5. The van der Waals surface area contributed by atoms with Gasteiger partial charge in [0, 0.05) is 33.9 Å². The maximum Gasteiger partial charge on any atom is 0.138 e. The van der Waals surface area contributed by atoms with Crippen molar-refractivity contribution in [1.82, 2.24) is 15.3 Å². The summed E-state index contributed by atoms with van der Waals surface area (Å²) in [5.41, 5.74) is 1.13. The van der Waals surface area contributed by atoms with E-state index in [9.17, 15) is 0 Å². The lowest BCUT2D eigenvalue weighted by Gasteiger charge is -2.05. The van der Waals surface area contributed by atoms with Crippen LogP contribution in [0.3, 0.4) is 0 Å². The fraction of sp³-hybridized carbons (Fsp3) is 0.333. The predicted octanol–water partition coefficient (Wildman–Crippen LogP) is 4.03. The molecule has 0 atom stereocenters. The molecule has 2 aromatic rings. The lowest BCUT2D eigenvalue weighted by molar-refractivity contribution is 0.671. The zero-order valence-electron chi connectivity index (χ0n) is 11.5. The van der Waals surface area contributed by atoms with Crippen LogP contribution in [0.5, 0.6) is 0 Å². The molecule has 0 bridgehead atoms. The molecule has 5 heteroatoms. The zero-order chi connectivity index (χ0) is 14.2. The molecule has 0 aliphatic rings. The van der Waals surface area contributed by atoms with Crippen molar-refractivity contribution < 1.29 is 0 Å². The molecule has 1 N–H and O–H groups in total. The molecular formula is C15H18BrN3S. The summed E-state index contributed by atoms with van der Waals surface area (Å²) in [7, 11) is 0. The molecule has 1 heterocycles. The van der Waals surface area contributed by atoms with Crippen LogP contribution >= 0.6 is 27.7 Å². The molecule has 1 aromatic carbocycles. The predicted molar refractivity (Wildman–Crippen MR) is 87.7 cm³/mol. The number of hydrogen-bond acceptors (Lipinski definition) is 4. The minimum Gasteiger partial charge on any atom is -0.313 e. The van der Waals surface area contributed by atoms with E-state index in [0.717, 1.165) is 41.1 Å². The first-order valence-corrected chi connectivity index (χ1v) is 8.45. The highest BCUT2D eigenvalue weighted by Crippen LogP contribution is 2.28. The van der Waals surface area contributed by atoms with Crippen LogP contribution in [0.15, 0.2) is 46.0 Å². The standard InChI is InChI=1S/C15H18BrN3S/c1-2-7-17-8-12-9-18-15(19-10-12)11-20-14-6-4-3-5-13(14)16/h3-6,9-10,17H,2,7-8,11H2,1H3. The molecule has 0 saturated heterocycles. The Hall–Kier alpha value is -0.910. The van der Waals surface area contributed by atoms with Crippen molar-refractivity contribution in [3.63, 3.8) is 0 Å². The SMILES string of the molecule is CCCNCc1cnc(CSc2ccccc2Br)nc1. The number of nitrogens with zero attached hydrogens (tertiary/aromatic N) is 2. The summed E-state index contributed by atoms with van der Waals surface area (Å²) in [6, 6.07) is 8.20. The van der Waals surface area contributed by atoms with E-state index in [1.807, 2.05) is 30.6 Å². The molecule has 0 aliphatic carbocycles. The smallest absolute Gasteiger partial charge is 0.138 e. The Kier molecular flexibility index (Phi) is 6.50. The van der Waals surface area contributed by atoms with Gasteiger partial charge in [0.2, 0.25) is 0 Å². The van der Waals surface area contributed by atoms with Gasteiger partial charge in [-0.15, -0.1) is 11.8 Å².